The van der Waals surface area contributed by atoms with Gasteiger partial charge in [0.15, 0.2) is 5.16 Å². The van der Waals surface area contributed by atoms with E-state index in [0.717, 1.165) is 51.6 Å². The summed E-state index contributed by atoms with van der Waals surface area (Å²) in [6.45, 7) is 8.19. The van der Waals surface area contributed by atoms with Crippen LogP contribution < -0.4 is 11.2 Å². The Kier molecular flexibility index (Phi) is 5.10. The van der Waals surface area contributed by atoms with Crippen LogP contribution in [-0.4, -0.2) is 9.55 Å². The molecule has 3 aromatic heterocycles. The predicted molar refractivity (Wildman–Crippen MR) is 128 cm³/mol. The monoisotopic (exact) mass is 450 g/mol. The van der Waals surface area contributed by atoms with Crippen LogP contribution in [0.15, 0.2) is 50.0 Å². The van der Waals surface area contributed by atoms with Gasteiger partial charge in [0, 0.05) is 28.6 Å². The molecule has 5 rings (SSSR count). The van der Waals surface area contributed by atoms with Crippen LogP contribution in [-0.2, 0) is 25.1 Å². The Labute approximate surface area is 187 Å². The number of hydrogen-bond acceptors (Lipinski definition) is 6. The molecule has 1 aliphatic rings. The number of aryl methyl sites for hydroxylation is 4. The van der Waals surface area contributed by atoms with Gasteiger partial charge in [-0.3, -0.25) is 9.36 Å². The highest BCUT2D eigenvalue weighted by atomic mass is 32.2. The number of nitrogens with zero attached hydrogens (tertiary/aromatic N) is 2. The number of allylic oxidation sites excluding steroid dienone is 1. The van der Waals surface area contributed by atoms with E-state index in [4.69, 9.17) is 9.40 Å². The van der Waals surface area contributed by atoms with Crippen molar-refractivity contribution in [3.8, 4) is 0 Å². The van der Waals surface area contributed by atoms with Crippen molar-refractivity contribution in [2.24, 2.45) is 0 Å². The van der Waals surface area contributed by atoms with E-state index in [2.05, 4.69) is 6.58 Å². The Hall–Kier alpha value is -2.64. The lowest BCUT2D eigenvalue weighted by molar-refractivity contribution is 0.557. The first-order valence-corrected chi connectivity index (χ1v) is 12.1. The minimum Gasteiger partial charge on any atom is -0.422 e. The molecule has 3 heterocycles. The summed E-state index contributed by atoms with van der Waals surface area (Å²) in [4.78, 5) is 32.5. The number of benzene rings is 1. The van der Waals surface area contributed by atoms with Crippen molar-refractivity contribution < 1.29 is 4.42 Å². The van der Waals surface area contributed by atoms with Crippen molar-refractivity contribution in [2.75, 3.05) is 0 Å². The molecule has 0 saturated carbocycles. The van der Waals surface area contributed by atoms with E-state index < -0.39 is 0 Å². The molecular weight excluding hydrogens is 428 g/mol. The number of aromatic nitrogens is 2. The summed E-state index contributed by atoms with van der Waals surface area (Å²) < 4.78 is 7.20. The molecule has 31 heavy (non-hydrogen) atoms. The molecule has 0 atom stereocenters. The number of thiophene rings is 1. The fraction of sp³-hybridized carbons (Fsp3) is 0.292. The number of thioether (sulfide) groups is 1. The molecule has 0 N–H and O–H groups in total. The largest absolute Gasteiger partial charge is 0.422 e. The Morgan fingerprint density at radius 1 is 1.29 bits per heavy atom. The van der Waals surface area contributed by atoms with Crippen molar-refractivity contribution in [2.45, 2.75) is 50.6 Å². The minimum atomic E-state index is -0.363. The molecule has 0 amide bonds. The molecule has 0 unspecified atom stereocenters. The Morgan fingerprint density at radius 2 is 2.13 bits per heavy atom. The van der Waals surface area contributed by atoms with Gasteiger partial charge in [-0.2, -0.15) is 0 Å². The molecule has 0 saturated heterocycles. The third kappa shape index (κ3) is 3.36. The number of fused-ring (bicyclic) bond motifs is 4. The lowest BCUT2D eigenvalue weighted by Crippen LogP contribution is -2.22. The van der Waals surface area contributed by atoms with Crippen molar-refractivity contribution >= 4 is 44.3 Å². The van der Waals surface area contributed by atoms with E-state index in [9.17, 15) is 9.59 Å². The summed E-state index contributed by atoms with van der Waals surface area (Å²) in [6, 6.07) is 5.57. The van der Waals surface area contributed by atoms with Crippen LogP contribution in [0.2, 0.25) is 0 Å². The van der Waals surface area contributed by atoms with Crippen LogP contribution in [0.25, 0.3) is 21.2 Å². The van der Waals surface area contributed by atoms with Gasteiger partial charge in [-0.05, 0) is 55.4 Å². The van der Waals surface area contributed by atoms with Crippen molar-refractivity contribution in [3.63, 3.8) is 0 Å². The van der Waals surface area contributed by atoms with E-state index in [1.165, 1.54) is 28.3 Å². The highest BCUT2D eigenvalue weighted by Gasteiger charge is 2.23. The molecule has 0 aliphatic heterocycles. The van der Waals surface area contributed by atoms with Gasteiger partial charge in [0.25, 0.3) is 5.56 Å². The van der Waals surface area contributed by atoms with Gasteiger partial charge in [-0.15, -0.1) is 17.9 Å². The lowest BCUT2D eigenvalue weighted by Gasteiger charge is -2.12. The summed E-state index contributed by atoms with van der Waals surface area (Å²) in [5.41, 5.74) is 4.39. The third-order valence-corrected chi connectivity index (χ3v) is 8.19. The third-order valence-electron chi connectivity index (χ3n) is 5.98. The average Bonchev–Trinajstić information content (AvgIpc) is 3.32. The quantitative estimate of drug-likeness (QED) is 0.182. The van der Waals surface area contributed by atoms with Gasteiger partial charge in [0.1, 0.15) is 10.4 Å². The maximum Gasteiger partial charge on any atom is 0.336 e. The molecular formula is C24H22N2O3S2. The zero-order valence-corrected chi connectivity index (χ0v) is 19.1. The van der Waals surface area contributed by atoms with Crippen molar-refractivity contribution in [1.29, 1.82) is 0 Å². The molecule has 5 nitrogen and oxygen atoms in total. The SMILES string of the molecule is C=CCn1c(SCc2cc(=O)oc3c(C)c(C)ccc23)nc2sc3c(c2c1=O)CCC3. The number of rotatable bonds is 5. The maximum absolute atomic E-state index is 13.3. The summed E-state index contributed by atoms with van der Waals surface area (Å²) in [6.07, 6.45) is 4.82. The first kappa shape index (κ1) is 20.3. The summed E-state index contributed by atoms with van der Waals surface area (Å²) in [5.74, 6) is 0.519. The second kappa shape index (κ2) is 7.80. The Morgan fingerprint density at radius 3 is 2.94 bits per heavy atom. The maximum atomic E-state index is 13.3. The molecule has 7 heteroatoms. The van der Waals surface area contributed by atoms with Gasteiger partial charge in [-0.1, -0.05) is 30.0 Å². The second-order valence-electron chi connectivity index (χ2n) is 7.90. The summed E-state index contributed by atoms with van der Waals surface area (Å²) in [7, 11) is 0. The standard InChI is InChI=1S/C24H22N2O3S2/c1-4-10-26-23(28)20-17-6-5-7-18(17)31-22(20)25-24(26)30-12-15-11-19(27)29-21-14(3)13(2)8-9-16(15)21/h4,8-9,11H,1,5-7,10,12H2,2-3H3. The fourth-order valence-electron chi connectivity index (χ4n) is 4.24. The predicted octanol–water partition coefficient (Wildman–Crippen LogP) is 5.15. The van der Waals surface area contributed by atoms with E-state index >= 15 is 0 Å². The Bertz CT molecular complexity index is 1480. The highest BCUT2D eigenvalue weighted by Crippen LogP contribution is 2.36. The van der Waals surface area contributed by atoms with E-state index in [-0.39, 0.29) is 11.2 Å². The molecule has 1 aromatic carbocycles. The molecule has 0 spiro atoms. The van der Waals surface area contributed by atoms with Crippen LogP contribution in [0.5, 0.6) is 0 Å². The topological polar surface area (TPSA) is 65.1 Å². The van der Waals surface area contributed by atoms with Crippen molar-refractivity contribution in [3.05, 3.63) is 78.8 Å². The van der Waals surface area contributed by atoms with E-state index in [1.54, 1.807) is 22.0 Å². The molecule has 158 valence electrons. The van der Waals surface area contributed by atoms with Crippen molar-refractivity contribution in [1.82, 2.24) is 9.55 Å². The number of hydrogen-bond donors (Lipinski definition) is 0. The molecule has 1 aliphatic carbocycles. The first-order chi connectivity index (χ1) is 15.0. The Balaban J connectivity index is 1.60. The minimum absolute atomic E-state index is 0.00991. The highest BCUT2D eigenvalue weighted by molar-refractivity contribution is 7.98. The smallest absolute Gasteiger partial charge is 0.336 e. The van der Waals surface area contributed by atoms with Crippen LogP contribution in [0.1, 0.15) is 33.6 Å². The second-order valence-corrected chi connectivity index (χ2v) is 9.93. The molecule has 0 radical (unpaired) electrons. The fourth-order valence-corrected chi connectivity index (χ4v) is 6.55. The van der Waals surface area contributed by atoms with Gasteiger partial charge in [0.05, 0.1) is 5.39 Å². The van der Waals surface area contributed by atoms with E-state index in [1.807, 2.05) is 26.0 Å². The van der Waals surface area contributed by atoms with Crippen LogP contribution >= 0.6 is 23.1 Å². The normalized spacial score (nSPS) is 13.2. The first-order valence-electron chi connectivity index (χ1n) is 10.3. The van der Waals surface area contributed by atoms with Gasteiger partial charge >= 0.3 is 5.63 Å². The summed E-state index contributed by atoms with van der Waals surface area (Å²) >= 11 is 3.12. The lowest BCUT2D eigenvalue weighted by atomic mass is 10.0. The van der Waals surface area contributed by atoms with E-state index in [0.29, 0.717) is 23.0 Å². The summed E-state index contributed by atoms with van der Waals surface area (Å²) in [5, 5.41) is 2.35. The molecule has 0 fully saturated rings. The molecule has 4 aromatic rings. The van der Waals surface area contributed by atoms with Crippen LogP contribution in [0, 0.1) is 13.8 Å². The zero-order valence-electron chi connectivity index (χ0n) is 17.5. The molecule has 0 bridgehead atoms. The van der Waals surface area contributed by atoms with Crippen LogP contribution in [0.4, 0.5) is 0 Å². The van der Waals surface area contributed by atoms with Crippen LogP contribution in [0.3, 0.4) is 0 Å². The van der Waals surface area contributed by atoms with Gasteiger partial charge in [-0.25, -0.2) is 9.78 Å². The van der Waals surface area contributed by atoms with Gasteiger partial charge < -0.3 is 4.42 Å². The zero-order chi connectivity index (χ0) is 21.7. The average molecular weight is 451 g/mol. The van der Waals surface area contributed by atoms with Gasteiger partial charge in [0.2, 0.25) is 0 Å².